The fraction of sp³-hybridized carbons (Fsp3) is 0.743. The third-order valence-electron chi connectivity index (χ3n) is 9.40. The Kier molecular flexibility index (Phi) is 19.3. The number of rotatable bonds is 13. The second kappa shape index (κ2) is 21.9. The molecule has 0 spiro atoms. The second-order valence-electron chi connectivity index (χ2n) is 14.1. The predicted octanol–water partition coefficient (Wildman–Crippen LogP) is -1.13. The highest BCUT2D eigenvalue weighted by Crippen LogP contribution is 2.23. The molecule has 1 aliphatic rings. The molecule has 6 amide bonds. The quantitative estimate of drug-likeness (QED) is 0.0801. The number of cyclic esters (lactones) is 1. The number of carbonyl (C=O) groups is 8. The van der Waals surface area contributed by atoms with Crippen molar-refractivity contribution in [1.82, 2.24) is 26.6 Å². The van der Waals surface area contributed by atoms with Gasteiger partial charge in [-0.3, -0.25) is 33.6 Å². The van der Waals surface area contributed by atoms with Gasteiger partial charge in [-0.15, -0.1) is 0 Å². The number of nitrogens with two attached hydrogens (primary N) is 1. The van der Waals surface area contributed by atoms with Crippen molar-refractivity contribution in [3.8, 4) is 0 Å². The first kappa shape index (κ1) is 46.6. The summed E-state index contributed by atoms with van der Waals surface area (Å²) < 4.78 is 5.51. The number of primary amides is 1. The molecule has 53 heavy (non-hydrogen) atoms. The number of nitrogens with one attached hydrogen (secondary N) is 6. The van der Waals surface area contributed by atoms with Gasteiger partial charge in [0.05, 0.1) is 25.0 Å². The molecule has 0 saturated carbocycles. The molecule has 11 atom stereocenters. The van der Waals surface area contributed by atoms with Crippen LogP contribution in [0.1, 0.15) is 100 Å². The van der Waals surface area contributed by atoms with E-state index >= 15 is 0 Å². The molecule has 0 aromatic carbocycles. The highest BCUT2D eigenvalue weighted by Gasteiger charge is 2.39. The van der Waals surface area contributed by atoms with E-state index in [4.69, 9.17) is 15.9 Å². The van der Waals surface area contributed by atoms with Gasteiger partial charge in [-0.25, -0.2) is 4.79 Å². The van der Waals surface area contributed by atoms with Gasteiger partial charge in [0.25, 0.3) is 0 Å². The summed E-state index contributed by atoms with van der Waals surface area (Å²) in [6, 6.07) is -7.53. The molecule has 0 aromatic heterocycles. The third-order valence-corrected chi connectivity index (χ3v) is 9.40. The van der Waals surface area contributed by atoms with E-state index in [0.717, 1.165) is 0 Å². The number of hydrogen-bond donors (Lipinski definition) is 9. The van der Waals surface area contributed by atoms with E-state index in [9.17, 15) is 48.6 Å². The van der Waals surface area contributed by atoms with Crippen LogP contribution in [0.4, 0.5) is 0 Å². The maximum Gasteiger partial charge on any atom is 0.328 e. The van der Waals surface area contributed by atoms with Gasteiger partial charge in [0.15, 0.2) is 5.78 Å². The van der Waals surface area contributed by atoms with Crippen LogP contribution in [0.5, 0.6) is 0 Å². The number of ketones is 1. The van der Waals surface area contributed by atoms with Crippen molar-refractivity contribution in [2.45, 2.75) is 149 Å². The van der Waals surface area contributed by atoms with Crippen LogP contribution in [0.3, 0.4) is 0 Å². The Labute approximate surface area is 310 Å². The summed E-state index contributed by atoms with van der Waals surface area (Å²) in [5.74, 6) is -9.15. The van der Waals surface area contributed by atoms with Gasteiger partial charge in [-0.1, -0.05) is 40.5 Å². The van der Waals surface area contributed by atoms with Crippen molar-refractivity contribution in [3.05, 3.63) is 0 Å². The molecule has 1 fully saturated rings. The van der Waals surface area contributed by atoms with Crippen molar-refractivity contribution in [3.63, 3.8) is 0 Å². The molecular weight excluding hydrogens is 694 g/mol. The zero-order valence-electron chi connectivity index (χ0n) is 31.9. The van der Waals surface area contributed by atoms with E-state index in [1.165, 1.54) is 20.8 Å². The summed E-state index contributed by atoms with van der Waals surface area (Å²) >= 11 is 0. The fourth-order valence-electron chi connectivity index (χ4n) is 5.58. The lowest BCUT2D eigenvalue weighted by Crippen LogP contribution is -2.61. The molecule has 11 unspecified atom stereocenters. The maximum absolute atomic E-state index is 14.0. The highest BCUT2D eigenvalue weighted by molar-refractivity contribution is 5.98. The molecule has 0 radical (unpaired) electrons. The summed E-state index contributed by atoms with van der Waals surface area (Å²) in [5.41, 5.74) is 5.61. The Morgan fingerprint density at radius 3 is 1.98 bits per heavy atom. The van der Waals surface area contributed by atoms with Crippen molar-refractivity contribution in [1.29, 1.82) is 5.41 Å². The van der Waals surface area contributed by atoms with E-state index in [1.807, 2.05) is 0 Å². The van der Waals surface area contributed by atoms with Gasteiger partial charge in [0.2, 0.25) is 35.4 Å². The molecule has 300 valence electrons. The number of amides is 6. The number of aliphatic hydroxyl groups is 2. The van der Waals surface area contributed by atoms with Crippen molar-refractivity contribution in [2.75, 3.05) is 0 Å². The monoisotopic (exact) mass is 753 g/mol. The average molecular weight is 754 g/mol. The van der Waals surface area contributed by atoms with Crippen LogP contribution in [0.15, 0.2) is 0 Å². The number of aliphatic hydroxyl groups excluding tert-OH is 2. The van der Waals surface area contributed by atoms with E-state index < -0.39 is 133 Å². The van der Waals surface area contributed by atoms with Crippen molar-refractivity contribution in [2.24, 2.45) is 23.5 Å². The number of hydrogen-bond acceptors (Lipinski definition) is 12. The molecular formula is C35H59N7O11. The van der Waals surface area contributed by atoms with Crippen LogP contribution in [-0.2, 0) is 43.1 Å². The van der Waals surface area contributed by atoms with Crippen LogP contribution >= 0.6 is 0 Å². The average Bonchev–Trinajstić information content (AvgIpc) is 3.07. The first-order chi connectivity index (χ1) is 24.6. The Hall–Kier alpha value is -4.45. The SMILES string of the molecule is CCC(C)C1CC(=O)C(NC(=O)CC(O)CCC(C)=N)C(C)OC(=O)C(C)NC(=O)C(CC(N)=O)NC(=O)C(C(C)O)NC(=O)C(C(C)CC)NC1=O. The molecule has 10 N–H and O–H groups in total. The molecule has 1 rings (SSSR count). The minimum Gasteiger partial charge on any atom is -0.458 e. The summed E-state index contributed by atoms with van der Waals surface area (Å²) in [5, 5.41) is 40.6. The summed E-state index contributed by atoms with van der Waals surface area (Å²) in [4.78, 5) is 106. The van der Waals surface area contributed by atoms with E-state index in [0.29, 0.717) is 18.6 Å². The summed E-state index contributed by atoms with van der Waals surface area (Å²) in [7, 11) is 0. The number of carbonyl (C=O) groups excluding carboxylic acids is 8. The van der Waals surface area contributed by atoms with E-state index in [1.54, 1.807) is 34.6 Å². The van der Waals surface area contributed by atoms with Gasteiger partial charge in [-0.05, 0) is 52.4 Å². The standard InChI is InChI=1S/C35H59N7O11/c1-9-16(3)23-14-25(45)30(40-27(47)13-22(44)12-11-18(5)36)21(8)53-35(52)19(6)38-32(49)24(15-26(37)46)39-34(51)29(20(7)43)42-33(50)28(17(4)10-2)41-31(23)48/h16-17,19-24,28-30,36,43-44H,9-15H2,1-8H3,(H2,37,46)(H,38,49)(H,39,51)(H,40,47)(H,41,48)(H,42,50). The normalized spacial score (nSPS) is 27.8. The molecule has 0 aromatic rings. The van der Waals surface area contributed by atoms with Crippen LogP contribution in [0.2, 0.25) is 0 Å². The predicted molar refractivity (Wildman–Crippen MR) is 192 cm³/mol. The molecule has 18 heteroatoms. The van der Waals surface area contributed by atoms with Crippen LogP contribution in [0, 0.1) is 23.2 Å². The van der Waals surface area contributed by atoms with Crippen LogP contribution in [-0.4, -0.2) is 112 Å². The zero-order valence-corrected chi connectivity index (χ0v) is 31.9. The minimum atomic E-state index is -1.66. The zero-order chi connectivity index (χ0) is 40.7. The van der Waals surface area contributed by atoms with Crippen LogP contribution < -0.4 is 32.3 Å². The van der Waals surface area contributed by atoms with Crippen molar-refractivity contribution >= 4 is 52.9 Å². The molecule has 18 nitrogen and oxygen atoms in total. The summed E-state index contributed by atoms with van der Waals surface area (Å²) in [6.07, 6.45) is -4.50. The van der Waals surface area contributed by atoms with Gasteiger partial charge in [-0.2, -0.15) is 0 Å². The third kappa shape index (κ3) is 15.2. The minimum absolute atomic E-state index is 0.111. The molecule has 1 aliphatic heterocycles. The Morgan fingerprint density at radius 1 is 0.887 bits per heavy atom. The lowest BCUT2D eigenvalue weighted by Gasteiger charge is -2.31. The highest BCUT2D eigenvalue weighted by atomic mass is 16.5. The molecule has 1 heterocycles. The molecule has 0 aliphatic carbocycles. The van der Waals surface area contributed by atoms with Gasteiger partial charge >= 0.3 is 5.97 Å². The van der Waals surface area contributed by atoms with Crippen molar-refractivity contribution < 1.29 is 53.3 Å². The van der Waals surface area contributed by atoms with Crippen LogP contribution in [0.25, 0.3) is 0 Å². The topological polar surface area (TPSA) is 296 Å². The van der Waals surface area contributed by atoms with E-state index in [2.05, 4.69) is 26.6 Å². The maximum atomic E-state index is 14.0. The molecule has 1 saturated heterocycles. The van der Waals surface area contributed by atoms with Gasteiger partial charge in [0, 0.05) is 18.1 Å². The summed E-state index contributed by atoms with van der Waals surface area (Å²) in [6.45, 7) is 12.3. The lowest BCUT2D eigenvalue weighted by molar-refractivity contribution is -0.155. The Bertz CT molecular complexity index is 1360. The Morgan fingerprint density at radius 2 is 1.45 bits per heavy atom. The smallest absolute Gasteiger partial charge is 0.328 e. The first-order valence-electron chi connectivity index (χ1n) is 18.1. The number of Topliss-reactive ketones (excluding diaryl/α,β-unsaturated/α-hetero) is 1. The number of esters is 1. The van der Waals surface area contributed by atoms with Gasteiger partial charge < -0.3 is 52.7 Å². The van der Waals surface area contributed by atoms with Gasteiger partial charge in [0.1, 0.15) is 36.3 Å². The van der Waals surface area contributed by atoms with E-state index in [-0.39, 0.29) is 12.8 Å². The second-order valence-corrected chi connectivity index (χ2v) is 14.1. The lowest BCUT2D eigenvalue weighted by atomic mass is 9.84. The molecule has 0 bridgehead atoms. The fourth-order valence-corrected chi connectivity index (χ4v) is 5.58. The largest absolute Gasteiger partial charge is 0.458 e. The Balaban J connectivity index is 3.75. The first-order valence-corrected chi connectivity index (χ1v) is 18.1. The number of ether oxygens (including phenoxy) is 1.